The molecule has 0 unspecified atom stereocenters. The van der Waals surface area contributed by atoms with Gasteiger partial charge in [0, 0.05) is 44.4 Å². The number of hydrogen-bond donors (Lipinski definition) is 0. The first-order chi connectivity index (χ1) is 22.3. The van der Waals surface area contributed by atoms with Crippen LogP contribution in [0.5, 0.6) is 11.5 Å². The van der Waals surface area contributed by atoms with Crippen LogP contribution >= 0.6 is 0 Å². The van der Waals surface area contributed by atoms with E-state index in [4.69, 9.17) is 4.74 Å². The molecule has 9 aromatic rings. The van der Waals surface area contributed by atoms with E-state index in [1.807, 2.05) is 36.4 Å². The molecule has 0 N–H and O–H groups in total. The maximum Gasteiger partial charge on any atom is 2.00 e. The summed E-state index contributed by atoms with van der Waals surface area (Å²) in [5.74, 6) is 1.35. The van der Waals surface area contributed by atoms with Gasteiger partial charge in [-0.05, 0) is 42.5 Å². The van der Waals surface area contributed by atoms with Crippen molar-refractivity contribution in [3.05, 3.63) is 170 Å². The minimum atomic E-state index is 0. The molecule has 2 heterocycles. The van der Waals surface area contributed by atoms with E-state index < -0.39 is 0 Å². The van der Waals surface area contributed by atoms with E-state index in [1.165, 1.54) is 43.6 Å². The van der Waals surface area contributed by atoms with Crippen LogP contribution in [-0.2, 0) is 0 Å². The Morgan fingerprint density at radius 1 is 0.413 bits per heavy atom. The van der Waals surface area contributed by atoms with Crippen molar-refractivity contribution < 1.29 is 35.9 Å². The fourth-order valence-electron chi connectivity index (χ4n) is 6.60. The molecule has 2 aromatic heterocycles. The van der Waals surface area contributed by atoms with Crippen molar-refractivity contribution in [1.29, 1.82) is 0 Å². The van der Waals surface area contributed by atoms with Crippen LogP contribution in [-0.4, -0.2) is 9.13 Å². The van der Waals surface area contributed by atoms with E-state index in [2.05, 4.69) is 143 Å². The van der Waals surface area contributed by atoms with Gasteiger partial charge in [-0.25, -0.2) is 0 Å². The van der Waals surface area contributed by atoms with Gasteiger partial charge in [0.1, 0.15) is 0 Å². The minimum absolute atomic E-state index is 0. The van der Waals surface area contributed by atoms with Crippen molar-refractivity contribution in [3.8, 4) is 34.0 Å². The zero-order chi connectivity index (χ0) is 29.7. The fraction of sp³-hybridized carbons (Fsp3) is 0. The maximum atomic E-state index is 5.92. The Bertz CT molecular complexity index is 2490. The quantitative estimate of drug-likeness (QED) is 0.158. The number of fused-ring (bicyclic) bond motifs is 6. The number of benzene rings is 7. The van der Waals surface area contributed by atoms with Crippen LogP contribution in [0.15, 0.2) is 158 Å². The number of nitrogens with zero attached hydrogens (tertiary/aromatic N) is 2. The standard InChI is InChI=1S/C42H26N2O.U/c1-3-11-31(12-4-1)43-39-17-9-7-15-35(39)37-25-22-32(28-42(37)43)44-40-18-10-8-16-36(40)38-27-30(21-26-41(38)44)29-19-23-34(24-20-29)45-33-13-5-2-6-14-33;/h1-13,15-23,25-28H;/q-2;+2. The predicted molar refractivity (Wildman–Crippen MR) is 185 cm³/mol. The topological polar surface area (TPSA) is 19.1 Å². The molecule has 0 saturated carbocycles. The normalized spacial score (nSPS) is 11.3. The Kier molecular flexibility index (Phi) is 7.26. The van der Waals surface area contributed by atoms with Crippen LogP contribution in [0.1, 0.15) is 0 Å². The third-order valence-corrected chi connectivity index (χ3v) is 8.62. The van der Waals surface area contributed by atoms with Crippen molar-refractivity contribution in [1.82, 2.24) is 9.13 Å². The van der Waals surface area contributed by atoms with Crippen LogP contribution < -0.4 is 4.74 Å². The van der Waals surface area contributed by atoms with Gasteiger partial charge in [-0.3, -0.25) is 0 Å². The van der Waals surface area contributed by atoms with Gasteiger partial charge in [-0.1, -0.05) is 78.4 Å². The number of hydrogen-bond acceptors (Lipinski definition) is 1. The Hall–Kier alpha value is -5.01. The second-order valence-corrected chi connectivity index (χ2v) is 11.2. The fourth-order valence-corrected chi connectivity index (χ4v) is 6.60. The first-order valence-electron chi connectivity index (χ1n) is 15.1. The molecule has 0 saturated heterocycles. The Morgan fingerprint density at radius 2 is 1.04 bits per heavy atom. The van der Waals surface area contributed by atoms with E-state index >= 15 is 0 Å². The SMILES string of the molecule is [U+2].[c-]1ccccc1Oc1[c-]cc(-c2ccc3c(c2)c2ccccc2n3-c2ccc3c4ccccc4n(-c4ccccc4)c3c2)cc1. The molecule has 0 amide bonds. The molecular formula is C42H26N2OU. The summed E-state index contributed by atoms with van der Waals surface area (Å²) in [6.45, 7) is 0. The number of para-hydroxylation sites is 4. The summed E-state index contributed by atoms with van der Waals surface area (Å²) in [5.41, 5.74) is 9.26. The molecule has 46 heavy (non-hydrogen) atoms. The van der Waals surface area contributed by atoms with Crippen molar-refractivity contribution >= 4 is 43.6 Å². The average Bonchev–Trinajstić information content (AvgIpc) is 3.61. The summed E-state index contributed by atoms with van der Waals surface area (Å²) in [5, 5.41) is 4.94. The van der Waals surface area contributed by atoms with E-state index in [9.17, 15) is 0 Å². The van der Waals surface area contributed by atoms with E-state index in [0.29, 0.717) is 11.5 Å². The van der Waals surface area contributed by atoms with E-state index in [0.717, 1.165) is 22.5 Å². The van der Waals surface area contributed by atoms with Gasteiger partial charge in [-0.15, -0.1) is 29.8 Å². The predicted octanol–water partition coefficient (Wildman–Crippen LogP) is 10.9. The van der Waals surface area contributed by atoms with Gasteiger partial charge in [0.15, 0.2) is 0 Å². The molecule has 0 aliphatic heterocycles. The summed E-state index contributed by atoms with van der Waals surface area (Å²) in [4.78, 5) is 0. The van der Waals surface area contributed by atoms with Gasteiger partial charge < -0.3 is 13.9 Å². The van der Waals surface area contributed by atoms with E-state index in [1.54, 1.807) is 0 Å². The van der Waals surface area contributed by atoms with Crippen molar-refractivity contribution in [2.75, 3.05) is 0 Å². The zero-order valence-corrected chi connectivity index (χ0v) is 29.0. The van der Waals surface area contributed by atoms with Crippen LogP contribution in [0, 0.1) is 43.2 Å². The van der Waals surface area contributed by atoms with Gasteiger partial charge in [0.25, 0.3) is 0 Å². The minimum Gasteiger partial charge on any atom is -0.509 e. The monoisotopic (exact) mass is 812 g/mol. The Balaban J connectivity index is 0.00000312. The molecule has 0 fully saturated rings. The second-order valence-electron chi connectivity index (χ2n) is 11.2. The second kappa shape index (κ2) is 11.7. The van der Waals surface area contributed by atoms with Crippen LogP contribution in [0.3, 0.4) is 0 Å². The zero-order valence-electron chi connectivity index (χ0n) is 24.8. The van der Waals surface area contributed by atoms with Gasteiger partial charge >= 0.3 is 31.1 Å². The maximum absolute atomic E-state index is 5.92. The average molecular weight is 813 g/mol. The van der Waals surface area contributed by atoms with Crippen LogP contribution in [0.2, 0.25) is 0 Å². The van der Waals surface area contributed by atoms with Gasteiger partial charge in [0.2, 0.25) is 0 Å². The molecule has 0 bridgehead atoms. The molecule has 4 heteroatoms. The molecule has 0 spiro atoms. The van der Waals surface area contributed by atoms with Crippen LogP contribution in [0.4, 0.5) is 0 Å². The molecule has 7 aromatic carbocycles. The van der Waals surface area contributed by atoms with Crippen molar-refractivity contribution in [2.24, 2.45) is 0 Å². The van der Waals surface area contributed by atoms with Crippen molar-refractivity contribution in [2.45, 2.75) is 0 Å². The molecule has 0 aliphatic rings. The largest absolute Gasteiger partial charge is 2.00 e. The summed E-state index contributed by atoms with van der Waals surface area (Å²) in [6.07, 6.45) is 0. The summed E-state index contributed by atoms with van der Waals surface area (Å²) >= 11 is 0. The third-order valence-electron chi connectivity index (χ3n) is 8.62. The third kappa shape index (κ3) is 4.74. The number of aromatic nitrogens is 2. The smallest absolute Gasteiger partial charge is 0.509 e. The van der Waals surface area contributed by atoms with Crippen molar-refractivity contribution in [3.63, 3.8) is 0 Å². The molecule has 0 aliphatic carbocycles. The first kappa shape index (κ1) is 28.5. The Morgan fingerprint density at radius 3 is 1.78 bits per heavy atom. The molecule has 214 valence electrons. The Labute approximate surface area is 290 Å². The van der Waals surface area contributed by atoms with Gasteiger partial charge in [0.05, 0.1) is 22.1 Å². The molecular weight excluding hydrogens is 787 g/mol. The van der Waals surface area contributed by atoms with Gasteiger partial charge in [-0.2, -0.15) is 30.3 Å². The summed E-state index contributed by atoms with van der Waals surface area (Å²) in [6, 6.07) is 61.6. The first-order valence-corrected chi connectivity index (χ1v) is 15.1. The number of ether oxygens (including phenoxy) is 1. The summed E-state index contributed by atoms with van der Waals surface area (Å²) < 4.78 is 10.7. The molecule has 0 atom stereocenters. The molecule has 3 nitrogen and oxygen atoms in total. The summed E-state index contributed by atoms with van der Waals surface area (Å²) in [7, 11) is 0. The number of rotatable bonds is 5. The molecule has 0 radical (unpaired) electrons. The molecule has 9 rings (SSSR count). The van der Waals surface area contributed by atoms with E-state index in [-0.39, 0.29) is 31.1 Å². The van der Waals surface area contributed by atoms with Crippen LogP contribution in [0.25, 0.3) is 66.1 Å².